The summed E-state index contributed by atoms with van der Waals surface area (Å²) in [6.07, 6.45) is 4.31. The molecule has 0 aliphatic rings. The van der Waals surface area contributed by atoms with Crippen molar-refractivity contribution in [2.45, 2.75) is 11.9 Å². The van der Waals surface area contributed by atoms with Crippen LogP contribution >= 0.6 is 11.8 Å². The van der Waals surface area contributed by atoms with E-state index in [-0.39, 0.29) is 11.6 Å². The van der Waals surface area contributed by atoms with Crippen LogP contribution in [0.1, 0.15) is 17.3 Å². The summed E-state index contributed by atoms with van der Waals surface area (Å²) in [5.74, 6) is 0.0473. The van der Waals surface area contributed by atoms with Crippen LogP contribution in [0, 0.1) is 5.82 Å². The predicted molar refractivity (Wildman–Crippen MR) is 89.9 cm³/mol. The van der Waals surface area contributed by atoms with E-state index >= 15 is 0 Å². The van der Waals surface area contributed by atoms with Gasteiger partial charge in [0, 0.05) is 17.4 Å². The van der Waals surface area contributed by atoms with E-state index in [1.165, 1.54) is 29.5 Å². The highest BCUT2D eigenvalue weighted by Gasteiger charge is 2.11. The van der Waals surface area contributed by atoms with Crippen molar-refractivity contribution in [3.63, 3.8) is 0 Å². The zero-order valence-electron chi connectivity index (χ0n) is 12.8. The largest absolute Gasteiger partial charge is 0.322 e. The maximum absolute atomic E-state index is 14.2. The standard InChI is InChI=1S/C16H14FN5OS/c1-2-24-15-7-11(5-6-19-15)16(23)21-12-3-4-14(13(17)8-12)22-10-18-9-20-22/h3-10H,2H2,1H3,(H,21,23). The molecule has 0 saturated carbocycles. The maximum Gasteiger partial charge on any atom is 0.255 e. The summed E-state index contributed by atoms with van der Waals surface area (Å²) in [5.41, 5.74) is 1.10. The lowest BCUT2D eigenvalue weighted by Gasteiger charge is -2.08. The quantitative estimate of drug-likeness (QED) is 0.721. The number of pyridine rings is 1. The Morgan fingerprint density at radius 3 is 2.92 bits per heavy atom. The van der Waals surface area contributed by atoms with Gasteiger partial charge in [-0.15, -0.1) is 11.8 Å². The zero-order chi connectivity index (χ0) is 16.9. The summed E-state index contributed by atoms with van der Waals surface area (Å²) < 4.78 is 15.5. The molecule has 8 heteroatoms. The number of carbonyl (C=O) groups excluding carboxylic acids is 1. The third-order valence-corrected chi connectivity index (χ3v) is 3.97. The van der Waals surface area contributed by atoms with Gasteiger partial charge in [-0.05, 0) is 36.1 Å². The van der Waals surface area contributed by atoms with Gasteiger partial charge in [-0.25, -0.2) is 19.0 Å². The molecule has 1 aromatic carbocycles. The number of nitrogens with zero attached hydrogens (tertiary/aromatic N) is 4. The molecule has 3 rings (SSSR count). The minimum atomic E-state index is -0.504. The molecule has 0 fully saturated rings. The van der Waals surface area contributed by atoms with Crippen molar-refractivity contribution < 1.29 is 9.18 Å². The van der Waals surface area contributed by atoms with Crippen molar-refractivity contribution in [1.82, 2.24) is 19.7 Å². The molecule has 0 bridgehead atoms. The number of anilines is 1. The van der Waals surface area contributed by atoms with E-state index in [4.69, 9.17) is 0 Å². The van der Waals surface area contributed by atoms with E-state index in [1.807, 2.05) is 6.92 Å². The van der Waals surface area contributed by atoms with Crippen LogP contribution in [0.15, 0.2) is 54.2 Å². The fourth-order valence-corrected chi connectivity index (χ4v) is 2.73. The Labute approximate surface area is 142 Å². The molecule has 0 aliphatic heterocycles. The van der Waals surface area contributed by atoms with E-state index in [2.05, 4.69) is 20.4 Å². The third-order valence-electron chi connectivity index (χ3n) is 3.16. The number of hydrogen-bond donors (Lipinski definition) is 1. The minimum Gasteiger partial charge on any atom is -0.322 e. The number of carbonyl (C=O) groups is 1. The van der Waals surface area contributed by atoms with Crippen LogP contribution in [0.3, 0.4) is 0 Å². The highest BCUT2D eigenvalue weighted by atomic mass is 32.2. The summed E-state index contributed by atoms with van der Waals surface area (Å²) in [6.45, 7) is 2.01. The topological polar surface area (TPSA) is 72.7 Å². The molecule has 0 unspecified atom stereocenters. The maximum atomic E-state index is 14.2. The molecular weight excluding hydrogens is 329 g/mol. The van der Waals surface area contributed by atoms with E-state index in [0.717, 1.165) is 10.8 Å². The van der Waals surface area contributed by atoms with Crippen molar-refractivity contribution in [3.8, 4) is 5.69 Å². The number of halogens is 1. The van der Waals surface area contributed by atoms with E-state index in [9.17, 15) is 9.18 Å². The van der Waals surface area contributed by atoms with Gasteiger partial charge in [-0.1, -0.05) is 6.92 Å². The van der Waals surface area contributed by atoms with Crippen LogP contribution in [0.5, 0.6) is 0 Å². The Hall–Kier alpha value is -2.74. The summed E-state index contributed by atoms with van der Waals surface area (Å²) in [5, 5.41) is 7.34. The first kappa shape index (κ1) is 16.1. The van der Waals surface area contributed by atoms with Crippen molar-refractivity contribution in [2.24, 2.45) is 0 Å². The zero-order valence-corrected chi connectivity index (χ0v) is 13.6. The van der Waals surface area contributed by atoms with Crippen molar-refractivity contribution in [2.75, 3.05) is 11.1 Å². The molecule has 122 valence electrons. The SMILES string of the molecule is CCSc1cc(C(=O)Nc2ccc(-n3cncn3)c(F)c2)ccn1. The van der Waals surface area contributed by atoms with Gasteiger partial charge in [0.1, 0.15) is 18.3 Å². The predicted octanol–water partition coefficient (Wildman–Crippen LogP) is 3.17. The molecule has 1 amide bonds. The molecule has 3 aromatic rings. The Morgan fingerprint density at radius 2 is 2.21 bits per heavy atom. The molecule has 0 atom stereocenters. The summed E-state index contributed by atoms with van der Waals surface area (Å²) >= 11 is 1.55. The number of thioether (sulfide) groups is 1. The fraction of sp³-hybridized carbons (Fsp3) is 0.125. The molecular formula is C16H14FN5OS. The van der Waals surface area contributed by atoms with Crippen LogP contribution in [0.25, 0.3) is 5.69 Å². The second-order valence-corrected chi connectivity index (χ2v) is 6.06. The molecule has 2 aromatic heterocycles. The van der Waals surface area contributed by atoms with Crippen molar-refractivity contribution >= 4 is 23.4 Å². The van der Waals surface area contributed by atoms with Crippen LogP contribution in [-0.4, -0.2) is 31.4 Å². The molecule has 6 nitrogen and oxygen atoms in total. The average molecular weight is 343 g/mol. The number of aromatic nitrogens is 4. The van der Waals surface area contributed by atoms with E-state index in [0.29, 0.717) is 11.3 Å². The van der Waals surface area contributed by atoms with Gasteiger partial charge in [0.15, 0.2) is 5.82 Å². The Balaban J connectivity index is 1.77. The van der Waals surface area contributed by atoms with Crippen LogP contribution in [0.2, 0.25) is 0 Å². The van der Waals surface area contributed by atoms with Gasteiger partial charge in [0.05, 0.1) is 5.03 Å². The fourth-order valence-electron chi connectivity index (χ4n) is 2.08. The lowest BCUT2D eigenvalue weighted by atomic mass is 10.2. The number of hydrogen-bond acceptors (Lipinski definition) is 5. The van der Waals surface area contributed by atoms with Gasteiger partial charge < -0.3 is 5.32 Å². The number of benzene rings is 1. The van der Waals surface area contributed by atoms with Gasteiger partial charge in [0.25, 0.3) is 5.91 Å². The summed E-state index contributed by atoms with van der Waals surface area (Å²) in [7, 11) is 0. The van der Waals surface area contributed by atoms with Gasteiger partial charge >= 0.3 is 0 Å². The molecule has 0 spiro atoms. The van der Waals surface area contributed by atoms with Gasteiger partial charge in [-0.2, -0.15) is 5.10 Å². The van der Waals surface area contributed by atoms with Crippen LogP contribution in [0.4, 0.5) is 10.1 Å². The Bertz CT molecular complexity index is 853. The van der Waals surface area contributed by atoms with Gasteiger partial charge in [0.2, 0.25) is 0 Å². The Kier molecular flexibility index (Phi) is 4.85. The second kappa shape index (κ2) is 7.22. The highest BCUT2D eigenvalue weighted by molar-refractivity contribution is 7.99. The molecule has 2 heterocycles. The number of amides is 1. The second-order valence-electron chi connectivity index (χ2n) is 4.78. The average Bonchev–Trinajstić information content (AvgIpc) is 3.10. The molecule has 0 aliphatic carbocycles. The number of rotatable bonds is 5. The molecule has 0 radical (unpaired) electrons. The Morgan fingerprint density at radius 1 is 1.33 bits per heavy atom. The van der Waals surface area contributed by atoms with Crippen LogP contribution in [-0.2, 0) is 0 Å². The first-order valence-corrected chi connectivity index (χ1v) is 8.20. The van der Waals surface area contributed by atoms with Crippen LogP contribution < -0.4 is 5.32 Å². The highest BCUT2D eigenvalue weighted by Crippen LogP contribution is 2.19. The van der Waals surface area contributed by atoms with Crippen molar-refractivity contribution in [1.29, 1.82) is 0 Å². The van der Waals surface area contributed by atoms with E-state index in [1.54, 1.807) is 36.2 Å². The molecule has 24 heavy (non-hydrogen) atoms. The smallest absolute Gasteiger partial charge is 0.255 e. The molecule has 1 N–H and O–H groups in total. The van der Waals surface area contributed by atoms with Crippen molar-refractivity contribution in [3.05, 3.63) is 60.6 Å². The van der Waals surface area contributed by atoms with E-state index < -0.39 is 5.82 Å². The van der Waals surface area contributed by atoms with Gasteiger partial charge in [-0.3, -0.25) is 4.79 Å². The lowest BCUT2D eigenvalue weighted by Crippen LogP contribution is -2.12. The first-order chi connectivity index (χ1) is 11.7. The summed E-state index contributed by atoms with van der Waals surface area (Å²) in [4.78, 5) is 20.3. The normalized spacial score (nSPS) is 10.6. The minimum absolute atomic E-state index is 0.260. The molecule has 0 saturated heterocycles. The lowest BCUT2D eigenvalue weighted by molar-refractivity contribution is 0.102. The third kappa shape index (κ3) is 3.60. The monoisotopic (exact) mass is 343 g/mol. The number of nitrogens with one attached hydrogen (secondary N) is 1. The summed E-state index contributed by atoms with van der Waals surface area (Å²) in [6, 6.07) is 7.72. The first-order valence-electron chi connectivity index (χ1n) is 7.22.